The van der Waals surface area contributed by atoms with Crippen LogP contribution < -0.4 is 10.2 Å². The maximum Gasteiger partial charge on any atom is 0.322 e. The standard InChI is InChI=1S/C16H20N6O3/c1-10-14(15(25-19-10)11-3-4-11)18-16(24)21-5-6-22(13(23)9-21)12-7-17-20(2)8-12/h7-8,11H,3-6,9H2,1-2H3,(H,18,24). The van der Waals surface area contributed by atoms with Gasteiger partial charge in [0, 0.05) is 32.3 Å². The highest BCUT2D eigenvalue weighted by atomic mass is 16.5. The molecule has 0 aromatic carbocycles. The smallest absolute Gasteiger partial charge is 0.322 e. The molecule has 1 saturated heterocycles. The Balaban J connectivity index is 1.42. The van der Waals surface area contributed by atoms with Crippen LogP contribution in [0.4, 0.5) is 16.2 Å². The maximum atomic E-state index is 12.6. The number of hydrogen-bond donors (Lipinski definition) is 1. The molecule has 1 aliphatic carbocycles. The van der Waals surface area contributed by atoms with Crippen molar-refractivity contribution in [2.24, 2.45) is 7.05 Å². The molecule has 0 atom stereocenters. The molecule has 1 aliphatic heterocycles. The van der Waals surface area contributed by atoms with Crippen LogP contribution in [0, 0.1) is 6.92 Å². The van der Waals surface area contributed by atoms with Gasteiger partial charge in [0.2, 0.25) is 5.91 Å². The molecule has 0 radical (unpaired) electrons. The summed E-state index contributed by atoms with van der Waals surface area (Å²) in [7, 11) is 1.80. The van der Waals surface area contributed by atoms with Crippen molar-refractivity contribution in [1.82, 2.24) is 19.8 Å². The second kappa shape index (κ2) is 5.91. The van der Waals surface area contributed by atoms with Crippen molar-refractivity contribution in [2.75, 3.05) is 29.9 Å². The van der Waals surface area contributed by atoms with Crippen LogP contribution in [-0.4, -0.2) is 51.4 Å². The summed E-state index contributed by atoms with van der Waals surface area (Å²) in [5.74, 6) is 0.964. The van der Waals surface area contributed by atoms with Gasteiger partial charge in [0.1, 0.15) is 17.9 Å². The molecule has 2 aromatic rings. The average molecular weight is 344 g/mol. The third kappa shape index (κ3) is 2.97. The van der Waals surface area contributed by atoms with Crippen molar-refractivity contribution < 1.29 is 14.1 Å². The van der Waals surface area contributed by atoms with Crippen molar-refractivity contribution in [3.63, 3.8) is 0 Å². The van der Waals surface area contributed by atoms with Crippen LogP contribution in [0.2, 0.25) is 0 Å². The van der Waals surface area contributed by atoms with Crippen LogP contribution in [0.3, 0.4) is 0 Å². The van der Waals surface area contributed by atoms with E-state index in [1.807, 2.05) is 0 Å². The second-order valence-corrected chi connectivity index (χ2v) is 6.55. The largest absolute Gasteiger partial charge is 0.359 e. The normalized spacial score (nSPS) is 17.9. The minimum atomic E-state index is -0.299. The van der Waals surface area contributed by atoms with E-state index in [2.05, 4.69) is 15.6 Å². The number of hydrogen-bond acceptors (Lipinski definition) is 5. The number of nitrogens with zero attached hydrogens (tertiary/aromatic N) is 5. The van der Waals surface area contributed by atoms with E-state index in [9.17, 15) is 9.59 Å². The van der Waals surface area contributed by atoms with E-state index in [0.717, 1.165) is 24.3 Å². The second-order valence-electron chi connectivity index (χ2n) is 6.55. The lowest BCUT2D eigenvalue weighted by Crippen LogP contribution is -2.53. The Morgan fingerprint density at radius 1 is 1.36 bits per heavy atom. The molecule has 4 rings (SSSR count). The third-order valence-electron chi connectivity index (χ3n) is 4.58. The SMILES string of the molecule is Cc1noc(C2CC2)c1NC(=O)N1CCN(c2cnn(C)c2)C(=O)C1. The van der Waals surface area contributed by atoms with Crippen molar-refractivity contribution in [3.05, 3.63) is 23.8 Å². The molecule has 2 fully saturated rings. The minimum Gasteiger partial charge on any atom is -0.359 e. The third-order valence-corrected chi connectivity index (χ3v) is 4.58. The number of amides is 3. The van der Waals surface area contributed by atoms with Crippen molar-refractivity contribution >= 4 is 23.3 Å². The predicted molar refractivity (Wildman–Crippen MR) is 89.4 cm³/mol. The first-order valence-corrected chi connectivity index (χ1v) is 8.34. The van der Waals surface area contributed by atoms with E-state index in [4.69, 9.17) is 4.52 Å². The van der Waals surface area contributed by atoms with E-state index >= 15 is 0 Å². The predicted octanol–water partition coefficient (Wildman–Crippen LogP) is 1.47. The summed E-state index contributed by atoms with van der Waals surface area (Å²) in [6, 6.07) is -0.299. The topological polar surface area (TPSA) is 96.5 Å². The highest BCUT2D eigenvalue weighted by molar-refractivity contribution is 6.00. The van der Waals surface area contributed by atoms with E-state index < -0.39 is 0 Å². The molecule has 2 aromatic heterocycles. The Morgan fingerprint density at radius 3 is 2.80 bits per heavy atom. The van der Waals surface area contributed by atoms with Gasteiger partial charge >= 0.3 is 6.03 Å². The lowest BCUT2D eigenvalue weighted by molar-refractivity contribution is -0.120. The Labute approximate surface area is 144 Å². The number of rotatable bonds is 3. The molecule has 9 heteroatoms. The molecule has 2 aliphatic rings. The van der Waals surface area contributed by atoms with E-state index in [1.54, 1.807) is 35.9 Å². The van der Waals surface area contributed by atoms with Gasteiger partial charge in [-0.25, -0.2) is 4.79 Å². The lowest BCUT2D eigenvalue weighted by atomic mass is 10.2. The number of aromatic nitrogens is 3. The summed E-state index contributed by atoms with van der Waals surface area (Å²) >= 11 is 0. The lowest BCUT2D eigenvalue weighted by Gasteiger charge is -2.33. The van der Waals surface area contributed by atoms with Gasteiger partial charge in [0.25, 0.3) is 0 Å². The van der Waals surface area contributed by atoms with Gasteiger partial charge in [0.15, 0.2) is 5.76 Å². The van der Waals surface area contributed by atoms with E-state index in [0.29, 0.717) is 30.4 Å². The molecule has 3 amide bonds. The zero-order chi connectivity index (χ0) is 17.6. The number of carbonyl (C=O) groups is 2. The van der Waals surface area contributed by atoms with Crippen LogP contribution in [0.25, 0.3) is 0 Å². The van der Waals surface area contributed by atoms with Crippen molar-refractivity contribution in [3.8, 4) is 0 Å². The number of aryl methyl sites for hydroxylation is 2. The summed E-state index contributed by atoms with van der Waals surface area (Å²) in [5.41, 5.74) is 2.06. The van der Waals surface area contributed by atoms with Crippen LogP contribution in [0.15, 0.2) is 16.9 Å². The molecule has 25 heavy (non-hydrogen) atoms. The van der Waals surface area contributed by atoms with Gasteiger partial charge in [-0.15, -0.1) is 0 Å². The number of urea groups is 1. The average Bonchev–Trinajstić information content (AvgIpc) is 3.24. The van der Waals surface area contributed by atoms with Crippen LogP contribution >= 0.6 is 0 Å². The van der Waals surface area contributed by atoms with Crippen molar-refractivity contribution in [2.45, 2.75) is 25.7 Å². The van der Waals surface area contributed by atoms with Gasteiger partial charge in [-0.05, 0) is 19.8 Å². The molecule has 0 unspecified atom stereocenters. The molecule has 0 bridgehead atoms. The first-order valence-electron chi connectivity index (χ1n) is 8.34. The first-order chi connectivity index (χ1) is 12.0. The van der Waals surface area contributed by atoms with Gasteiger partial charge in [0.05, 0.1) is 11.9 Å². The van der Waals surface area contributed by atoms with Gasteiger partial charge in [-0.3, -0.25) is 9.48 Å². The molecule has 3 heterocycles. The zero-order valence-corrected chi connectivity index (χ0v) is 14.2. The molecule has 1 N–H and O–H groups in total. The van der Waals surface area contributed by atoms with Gasteiger partial charge in [-0.2, -0.15) is 5.10 Å². The number of carbonyl (C=O) groups excluding carboxylic acids is 2. The molecular weight excluding hydrogens is 324 g/mol. The first kappa shape index (κ1) is 15.7. The molecule has 0 spiro atoms. The zero-order valence-electron chi connectivity index (χ0n) is 14.2. The monoisotopic (exact) mass is 344 g/mol. The van der Waals surface area contributed by atoms with Crippen LogP contribution in [0.1, 0.15) is 30.2 Å². The summed E-state index contributed by atoms with van der Waals surface area (Å²) in [4.78, 5) is 28.1. The summed E-state index contributed by atoms with van der Waals surface area (Å²) in [5, 5.41) is 10.9. The molecule has 9 nitrogen and oxygen atoms in total. The Morgan fingerprint density at radius 2 is 2.16 bits per heavy atom. The highest BCUT2D eigenvalue weighted by Gasteiger charge is 2.34. The fourth-order valence-corrected chi connectivity index (χ4v) is 3.02. The Kier molecular flexibility index (Phi) is 3.70. The summed E-state index contributed by atoms with van der Waals surface area (Å²) < 4.78 is 6.99. The molecular formula is C16H20N6O3. The van der Waals surface area contributed by atoms with E-state index in [1.165, 1.54) is 4.90 Å². The number of nitrogens with one attached hydrogen (secondary N) is 1. The minimum absolute atomic E-state index is 0.0316. The number of piperazine rings is 1. The van der Waals surface area contributed by atoms with Crippen LogP contribution in [-0.2, 0) is 11.8 Å². The quantitative estimate of drug-likeness (QED) is 0.909. The Bertz CT molecular complexity index is 822. The molecule has 132 valence electrons. The number of anilines is 2. The summed E-state index contributed by atoms with van der Waals surface area (Å²) in [6.07, 6.45) is 5.55. The fraction of sp³-hybridized carbons (Fsp3) is 0.500. The Hall–Kier alpha value is -2.84. The fourth-order valence-electron chi connectivity index (χ4n) is 3.02. The molecule has 1 saturated carbocycles. The van der Waals surface area contributed by atoms with E-state index in [-0.39, 0.29) is 18.5 Å². The van der Waals surface area contributed by atoms with Crippen LogP contribution in [0.5, 0.6) is 0 Å². The summed E-state index contributed by atoms with van der Waals surface area (Å²) in [6.45, 7) is 2.73. The van der Waals surface area contributed by atoms with Crippen molar-refractivity contribution in [1.29, 1.82) is 0 Å². The van der Waals surface area contributed by atoms with Gasteiger partial charge < -0.3 is 19.6 Å². The highest BCUT2D eigenvalue weighted by Crippen LogP contribution is 2.44. The van der Waals surface area contributed by atoms with Gasteiger partial charge in [-0.1, -0.05) is 5.16 Å². The maximum absolute atomic E-state index is 12.6.